The van der Waals surface area contributed by atoms with Crippen molar-refractivity contribution in [1.82, 2.24) is 0 Å². The summed E-state index contributed by atoms with van der Waals surface area (Å²) in [7, 11) is 0. The van der Waals surface area contributed by atoms with Crippen molar-refractivity contribution in [1.29, 1.82) is 0 Å². The van der Waals surface area contributed by atoms with E-state index in [1.165, 1.54) is 5.69 Å². The lowest BCUT2D eigenvalue weighted by molar-refractivity contribution is 0.949. The molecular weight excluding hydrogens is 154 g/mol. The molecule has 0 aliphatic heterocycles. The van der Waals surface area contributed by atoms with Crippen LogP contribution in [0.25, 0.3) is 0 Å². The van der Waals surface area contributed by atoms with E-state index in [2.05, 4.69) is 36.6 Å². The number of para-hydroxylation sites is 1. The molecule has 0 bridgehead atoms. The fraction of sp³-hybridized carbons (Fsp3) is 0.333. The van der Waals surface area contributed by atoms with Crippen LogP contribution < -0.4 is 4.90 Å². The van der Waals surface area contributed by atoms with Gasteiger partial charge in [0.2, 0.25) is 0 Å². The van der Waals surface area contributed by atoms with Gasteiger partial charge in [-0.2, -0.15) is 12.6 Å². The third-order valence-electron chi connectivity index (χ3n) is 1.67. The van der Waals surface area contributed by atoms with Crippen LogP contribution in [-0.2, 0) is 0 Å². The van der Waals surface area contributed by atoms with Gasteiger partial charge in [-0.25, -0.2) is 0 Å². The van der Waals surface area contributed by atoms with Gasteiger partial charge in [0.05, 0.1) is 5.88 Å². The monoisotopic (exact) mass is 167 g/mol. The summed E-state index contributed by atoms with van der Waals surface area (Å²) in [4.78, 5) is 2.20. The Kier molecular flexibility index (Phi) is 3.30. The second-order valence-electron chi connectivity index (χ2n) is 2.33. The Labute approximate surface area is 73.4 Å². The molecule has 0 amide bonds. The van der Waals surface area contributed by atoms with Gasteiger partial charge in [0.15, 0.2) is 0 Å². The molecule has 0 N–H and O–H groups in total. The first-order valence-electron chi connectivity index (χ1n) is 3.79. The van der Waals surface area contributed by atoms with Crippen LogP contribution in [0.5, 0.6) is 0 Å². The van der Waals surface area contributed by atoms with Crippen molar-refractivity contribution in [2.24, 2.45) is 0 Å². The summed E-state index contributed by atoms with van der Waals surface area (Å²) < 4.78 is 0. The summed E-state index contributed by atoms with van der Waals surface area (Å²) in [6, 6.07) is 10.3. The lowest BCUT2D eigenvalue weighted by Crippen LogP contribution is -2.20. The van der Waals surface area contributed by atoms with Gasteiger partial charge in [-0.3, -0.25) is 0 Å². The number of rotatable bonds is 3. The molecule has 2 heteroatoms. The smallest absolute Gasteiger partial charge is 0.0610 e. The number of hydrogen-bond donors (Lipinski definition) is 1. The summed E-state index contributed by atoms with van der Waals surface area (Å²) >= 11 is 4.23. The van der Waals surface area contributed by atoms with Crippen LogP contribution >= 0.6 is 12.6 Å². The van der Waals surface area contributed by atoms with Gasteiger partial charge < -0.3 is 4.90 Å². The molecule has 0 fully saturated rings. The molecule has 0 heterocycles. The summed E-state index contributed by atoms with van der Waals surface area (Å²) in [5, 5.41) is 0. The predicted octanol–water partition coefficient (Wildman–Crippen LogP) is 2.40. The first kappa shape index (κ1) is 8.47. The van der Waals surface area contributed by atoms with Crippen molar-refractivity contribution in [2.45, 2.75) is 6.92 Å². The van der Waals surface area contributed by atoms with Crippen LogP contribution in [-0.4, -0.2) is 12.4 Å². The minimum absolute atomic E-state index is 0.778. The Morgan fingerprint density at radius 1 is 1.27 bits per heavy atom. The average Bonchev–Trinajstić information content (AvgIpc) is 2.09. The highest BCUT2D eigenvalue weighted by atomic mass is 32.1. The topological polar surface area (TPSA) is 3.24 Å². The normalized spacial score (nSPS) is 9.64. The minimum Gasteiger partial charge on any atom is -0.363 e. The van der Waals surface area contributed by atoms with E-state index in [0.29, 0.717) is 0 Å². The first-order chi connectivity index (χ1) is 5.38. The SMILES string of the molecule is CCN(CS)c1ccccc1. The van der Waals surface area contributed by atoms with Crippen molar-refractivity contribution in [3.05, 3.63) is 30.3 Å². The van der Waals surface area contributed by atoms with Crippen molar-refractivity contribution < 1.29 is 0 Å². The Hall–Kier alpha value is -0.630. The molecule has 0 aliphatic rings. The van der Waals surface area contributed by atoms with Crippen molar-refractivity contribution in [3.8, 4) is 0 Å². The summed E-state index contributed by atoms with van der Waals surface area (Å²) in [5.74, 6) is 0.778. The molecule has 1 rings (SSSR count). The Morgan fingerprint density at radius 3 is 2.36 bits per heavy atom. The minimum atomic E-state index is 0.778. The fourth-order valence-electron chi connectivity index (χ4n) is 1.00. The first-order valence-corrected chi connectivity index (χ1v) is 4.42. The molecule has 0 saturated heterocycles. The summed E-state index contributed by atoms with van der Waals surface area (Å²) in [6.45, 7) is 3.14. The molecule has 0 aliphatic carbocycles. The highest BCUT2D eigenvalue weighted by Crippen LogP contribution is 2.12. The van der Waals surface area contributed by atoms with Gasteiger partial charge in [-0.15, -0.1) is 0 Å². The van der Waals surface area contributed by atoms with E-state index in [9.17, 15) is 0 Å². The maximum atomic E-state index is 4.23. The third-order valence-corrected chi connectivity index (χ3v) is 2.02. The predicted molar refractivity (Wildman–Crippen MR) is 53.3 cm³/mol. The van der Waals surface area contributed by atoms with E-state index < -0.39 is 0 Å². The van der Waals surface area contributed by atoms with Gasteiger partial charge in [-0.1, -0.05) is 18.2 Å². The summed E-state index contributed by atoms with van der Waals surface area (Å²) in [5.41, 5.74) is 1.24. The van der Waals surface area contributed by atoms with E-state index in [1.807, 2.05) is 18.2 Å². The van der Waals surface area contributed by atoms with Gasteiger partial charge in [-0.05, 0) is 19.1 Å². The molecule has 0 unspecified atom stereocenters. The summed E-state index contributed by atoms with van der Waals surface area (Å²) in [6.07, 6.45) is 0. The molecule has 11 heavy (non-hydrogen) atoms. The van der Waals surface area contributed by atoms with Crippen LogP contribution in [0.4, 0.5) is 5.69 Å². The van der Waals surface area contributed by atoms with Crippen molar-refractivity contribution in [2.75, 3.05) is 17.3 Å². The Balaban J connectivity index is 2.74. The zero-order chi connectivity index (χ0) is 8.10. The van der Waals surface area contributed by atoms with Crippen LogP contribution in [0.3, 0.4) is 0 Å². The molecule has 60 valence electrons. The molecule has 1 nitrogen and oxygen atoms in total. The molecule has 0 spiro atoms. The second kappa shape index (κ2) is 4.29. The van der Waals surface area contributed by atoms with E-state index in [0.717, 1.165) is 12.4 Å². The zero-order valence-electron chi connectivity index (χ0n) is 6.70. The number of anilines is 1. The van der Waals surface area contributed by atoms with E-state index in [-0.39, 0.29) is 0 Å². The van der Waals surface area contributed by atoms with Crippen LogP contribution in [0, 0.1) is 0 Å². The largest absolute Gasteiger partial charge is 0.363 e. The van der Waals surface area contributed by atoms with E-state index in [1.54, 1.807) is 0 Å². The third kappa shape index (κ3) is 2.15. The van der Waals surface area contributed by atoms with Crippen LogP contribution in [0.1, 0.15) is 6.92 Å². The molecule has 1 aromatic carbocycles. The van der Waals surface area contributed by atoms with E-state index >= 15 is 0 Å². The maximum absolute atomic E-state index is 4.23. The van der Waals surface area contributed by atoms with Crippen LogP contribution in [0.2, 0.25) is 0 Å². The van der Waals surface area contributed by atoms with Gasteiger partial charge in [0.25, 0.3) is 0 Å². The Morgan fingerprint density at radius 2 is 1.91 bits per heavy atom. The molecule has 0 aromatic heterocycles. The lowest BCUT2D eigenvalue weighted by Gasteiger charge is -2.19. The zero-order valence-corrected chi connectivity index (χ0v) is 7.59. The number of thiol groups is 1. The van der Waals surface area contributed by atoms with Gasteiger partial charge >= 0.3 is 0 Å². The van der Waals surface area contributed by atoms with Gasteiger partial charge in [0.1, 0.15) is 0 Å². The molecule has 0 saturated carbocycles. The number of hydrogen-bond acceptors (Lipinski definition) is 2. The highest BCUT2D eigenvalue weighted by Gasteiger charge is 1.97. The van der Waals surface area contributed by atoms with Gasteiger partial charge in [0, 0.05) is 12.2 Å². The average molecular weight is 167 g/mol. The Bertz CT molecular complexity index is 194. The van der Waals surface area contributed by atoms with Crippen molar-refractivity contribution in [3.63, 3.8) is 0 Å². The molecular formula is C9H13NS. The number of benzene rings is 1. The second-order valence-corrected chi connectivity index (χ2v) is 2.62. The molecule has 0 atom stereocenters. The molecule has 0 radical (unpaired) electrons. The fourth-order valence-corrected chi connectivity index (χ4v) is 1.37. The molecule has 1 aromatic rings. The lowest BCUT2D eigenvalue weighted by atomic mass is 10.3. The standard InChI is InChI=1S/C9H13NS/c1-2-10(8-11)9-6-4-3-5-7-9/h3-7,11H,2,8H2,1H3. The quantitative estimate of drug-likeness (QED) is 0.534. The van der Waals surface area contributed by atoms with E-state index in [4.69, 9.17) is 0 Å². The highest BCUT2D eigenvalue weighted by molar-refractivity contribution is 7.80. The van der Waals surface area contributed by atoms with Crippen molar-refractivity contribution >= 4 is 18.3 Å². The maximum Gasteiger partial charge on any atom is 0.0610 e. The van der Waals surface area contributed by atoms with Crippen LogP contribution in [0.15, 0.2) is 30.3 Å². The number of nitrogens with zero attached hydrogens (tertiary/aromatic N) is 1.